The lowest BCUT2D eigenvalue weighted by Gasteiger charge is -2.35. The van der Waals surface area contributed by atoms with Crippen molar-refractivity contribution < 1.29 is 75.5 Å². The van der Waals surface area contributed by atoms with Crippen LogP contribution in [0.15, 0.2) is 119 Å². The zero-order valence-electron chi connectivity index (χ0n) is 82.8. The van der Waals surface area contributed by atoms with Crippen molar-refractivity contribution in [1.82, 2.24) is 90.2 Å². The van der Waals surface area contributed by atoms with E-state index in [1.165, 1.54) is 33.0 Å². The maximum absolute atomic E-state index is 12.4. The number of benzene rings is 3. The molecule has 36 nitrogen and oxygen atoms in total. The van der Waals surface area contributed by atoms with Gasteiger partial charge in [-0.25, -0.2) is 56.5 Å². The molecule has 9 saturated heterocycles. The Hall–Kier alpha value is -6.72. The summed E-state index contributed by atoms with van der Waals surface area (Å²) in [6, 6.07) is 30.2. The van der Waals surface area contributed by atoms with E-state index >= 15 is 0 Å². The Morgan fingerprint density at radius 3 is 1.08 bits per heavy atom. The third kappa shape index (κ3) is 41.9. The zero-order valence-corrected chi connectivity index (χ0v) is 86.9. The Bertz CT molecular complexity index is 4510. The smallest absolute Gasteiger partial charge is 0.410 e. The molecule has 0 N–H and O–H groups in total. The van der Waals surface area contributed by atoms with Crippen LogP contribution in [0.25, 0.3) is 0 Å². The number of nitrogens with zero attached hydrogens (tertiary/aromatic N) is 19. The number of pyridine rings is 1. The summed E-state index contributed by atoms with van der Waals surface area (Å²) in [5.74, 6) is 0.293. The highest BCUT2D eigenvalue weighted by molar-refractivity contribution is 7.90. The summed E-state index contributed by atoms with van der Waals surface area (Å²) < 4.78 is 142. The van der Waals surface area contributed by atoms with Gasteiger partial charge in [0.15, 0.2) is 0 Å². The molecule has 1 saturated carbocycles. The number of piperazine rings is 9. The molecule has 10 heterocycles. The molecular formula is C92H161N19O17S5. The second-order valence-electron chi connectivity index (χ2n) is 36.9. The molecule has 4 aromatic rings. The maximum Gasteiger partial charge on any atom is 0.410 e. The number of hydrogen-bond acceptors (Lipinski definition) is 27. The summed E-state index contributed by atoms with van der Waals surface area (Å²) in [4.78, 5) is 77.9. The van der Waals surface area contributed by atoms with Crippen LogP contribution in [0, 0.1) is 6.92 Å². The SMILES string of the molecule is CC(C)S(=O)(=O)N1CCN(C)CC1.CCOC(=O)N1CCN(C)CC1.CN1CCN(C(=O)CCc2ccccc2)CC1.CN1CCN(C(=O)OC(C)(C)C)CC1.CN1CCN(C(=O)OCc2ccccc2)CC1.CN1CCN(S(=O)(=O)C2CCCCC2)CC1.CN1CCN(S(=O)(=O)c2cccnc2)CC1.CN1CCN(S(C)(=O)=O)CC1.Cc1ccc(S(=O)(=O)N2CCN(C)CC2)cc1. The molecule has 10 fully saturated rings. The van der Waals surface area contributed by atoms with Crippen LogP contribution in [0.3, 0.4) is 0 Å². The van der Waals surface area contributed by atoms with Crippen molar-refractivity contribution in [3.05, 3.63) is 126 Å². The number of aromatic nitrogens is 1. The number of carbonyl (C=O) groups excluding carboxylic acids is 4. The average Bonchev–Trinajstić information content (AvgIpc) is 0.814. The summed E-state index contributed by atoms with van der Waals surface area (Å²) in [6.07, 6.45) is 10.3. The predicted molar refractivity (Wildman–Crippen MR) is 526 cm³/mol. The lowest BCUT2D eigenvalue weighted by molar-refractivity contribution is -0.132. The second kappa shape index (κ2) is 57.6. The van der Waals surface area contributed by atoms with Gasteiger partial charge in [-0.05, 0) is 167 Å². The van der Waals surface area contributed by atoms with Crippen LogP contribution >= 0.6 is 0 Å². The summed E-state index contributed by atoms with van der Waals surface area (Å²) >= 11 is 0. The third-order valence-electron chi connectivity index (χ3n) is 24.5. The minimum Gasteiger partial charge on any atom is -0.450 e. The molecule has 4 amide bonds. The van der Waals surface area contributed by atoms with Gasteiger partial charge < -0.3 is 77.9 Å². The number of aryl methyl sites for hydroxylation is 2. The Kier molecular flexibility index (Phi) is 49.8. The van der Waals surface area contributed by atoms with E-state index in [0.717, 1.165) is 213 Å². The number of sulfonamides is 5. The Labute approximate surface area is 798 Å². The highest BCUT2D eigenvalue weighted by atomic mass is 32.2. The van der Waals surface area contributed by atoms with E-state index in [-0.39, 0.29) is 39.3 Å². The number of hydrogen-bond donors (Lipinski definition) is 0. The van der Waals surface area contributed by atoms with E-state index in [1.54, 1.807) is 71.9 Å². The van der Waals surface area contributed by atoms with Crippen molar-refractivity contribution >= 4 is 74.3 Å². The van der Waals surface area contributed by atoms with Gasteiger partial charge in [0, 0.05) is 254 Å². The topological polar surface area (TPSA) is 338 Å². The fourth-order valence-corrected chi connectivity index (χ4v) is 22.0. The number of amides is 4. The van der Waals surface area contributed by atoms with E-state index in [9.17, 15) is 61.3 Å². The first kappa shape index (κ1) is 115. The Balaban J connectivity index is 0.000000231. The van der Waals surface area contributed by atoms with E-state index in [1.807, 2.05) is 135 Å². The normalized spacial score (nSPS) is 20.4. The second-order valence-corrected chi connectivity index (χ2v) is 47.5. The van der Waals surface area contributed by atoms with Gasteiger partial charge in [0.2, 0.25) is 56.0 Å². The molecule has 1 aromatic heterocycles. The molecule has 1 aliphatic carbocycles. The monoisotopic (exact) mass is 1960 g/mol. The first-order valence-electron chi connectivity index (χ1n) is 47.0. The van der Waals surface area contributed by atoms with Crippen LogP contribution in [-0.2, 0) is 82.1 Å². The highest BCUT2D eigenvalue weighted by Gasteiger charge is 2.36. The summed E-state index contributed by atoms with van der Waals surface area (Å²) in [7, 11) is 2.75. The predicted octanol–water partition coefficient (Wildman–Crippen LogP) is 5.53. The number of carbonyl (C=O) groups is 4. The van der Waals surface area contributed by atoms with Crippen LogP contribution in [-0.4, -0.2) is 484 Å². The van der Waals surface area contributed by atoms with Crippen molar-refractivity contribution in [2.45, 2.75) is 126 Å². The maximum atomic E-state index is 12.4. The van der Waals surface area contributed by atoms with Gasteiger partial charge in [0.1, 0.15) is 17.1 Å². The van der Waals surface area contributed by atoms with Gasteiger partial charge in [-0.1, -0.05) is 97.6 Å². The van der Waals surface area contributed by atoms with Crippen molar-refractivity contribution in [2.24, 2.45) is 0 Å². The summed E-state index contributed by atoms with van der Waals surface area (Å²) in [6.45, 7) is 42.1. The third-order valence-corrected chi connectivity index (χ3v) is 34.3. The molecule has 14 rings (SSSR count). The molecule has 3 aromatic carbocycles. The summed E-state index contributed by atoms with van der Waals surface area (Å²) in [5.41, 5.74) is 2.95. The van der Waals surface area contributed by atoms with Crippen LogP contribution in [0.1, 0.15) is 96.8 Å². The molecule has 133 heavy (non-hydrogen) atoms. The lowest BCUT2D eigenvalue weighted by Crippen LogP contribution is -2.50. The largest absolute Gasteiger partial charge is 0.450 e. The Morgan fingerprint density at radius 2 is 0.722 bits per heavy atom. The Morgan fingerprint density at radius 1 is 0.383 bits per heavy atom. The van der Waals surface area contributed by atoms with E-state index < -0.39 is 50.1 Å². The molecule has 0 unspecified atom stereocenters. The van der Waals surface area contributed by atoms with Crippen molar-refractivity contribution in [1.29, 1.82) is 0 Å². The van der Waals surface area contributed by atoms with Crippen LogP contribution in [0.5, 0.6) is 0 Å². The van der Waals surface area contributed by atoms with Gasteiger partial charge in [0.25, 0.3) is 0 Å². The van der Waals surface area contributed by atoms with E-state index in [0.29, 0.717) is 95.9 Å². The highest BCUT2D eigenvalue weighted by Crippen LogP contribution is 2.27. The van der Waals surface area contributed by atoms with Gasteiger partial charge in [-0.15, -0.1) is 0 Å². The minimum absolute atomic E-state index is 0.0929. The van der Waals surface area contributed by atoms with Gasteiger partial charge in [-0.3, -0.25) is 9.78 Å². The molecule has 9 aliphatic heterocycles. The molecule has 10 aliphatic rings. The van der Waals surface area contributed by atoms with E-state index in [4.69, 9.17) is 14.2 Å². The fourth-order valence-electron chi connectivity index (χ4n) is 15.1. The van der Waals surface area contributed by atoms with Gasteiger partial charge >= 0.3 is 18.3 Å². The van der Waals surface area contributed by atoms with Crippen molar-refractivity contribution in [3.8, 4) is 0 Å². The first-order chi connectivity index (χ1) is 62.8. The van der Waals surface area contributed by atoms with Crippen molar-refractivity contribution in [2.75, 3.05) is 312 Å². The molecule has 0 atom stereocenters. The van der Waals surface area contributed by atoms with Crippen molar-refractivity contribution in [3.63, 3.8) is 0 Å². The standard InChI is InChI=1S/C14H20N2O.C13H18N2O2.C12H18N2O2S.C11H22N2O2S.C10H15N3O2S.C10H20N2O2.C8H18N2O2S.C8H16N2O2.C6H14N2O2S/c1-15-9-11-16(12-10-15)14(17)8-7-13-5-3-2-4-6-13;1-14-7-9-15(10-8-14)13(16)17-11-12-5-3-2-4-6-12;1-11-3-5-12(6-4-11)17(15,16)14-9-7-13(2)8-10-14;1-12-7-9-13(10-8-12)16(14,15)11-5-3-2-4-6-11;1-12-5-7-13(8-6-12)16(14,15)10-3-2-4-11-9-10;1-10(2,3)14-9(13)12-7-5-11(4)6-8-12;1-8(2)13(11,12)10-6-4-9(3)5-7-10;1-3-12-8(11)10-6-4-9(2)5-7-10;1-7-3-5-8(6-4-7)11(2,9)10/h2-6H,7-12H2,1H3;2-6H,7-11H2,1H3;3-6H,7-10H2,1-2H3;11H,2-10H2,1H3;2-4,9H,5-8H2,1H3;5-8H2,1-4H3;8H,4-7H2,1-3H3;3-7H2,1-2H3;3-6H2,1-2H3. The lowest BCUT2D eigenvalue weighted by atomic mass is 10.0. The van der Waals surface area contributed by atoms with Crippen LogP contribution in [0.2, 0.25) is 0 Å². The van der Waals surface area contributed by atoms with Crippen LogP contribution in [0.4, 0.5) is 14.4 Å². The minimum atomic E-state index is -3.34. The molecule has 41 heteroatoms. The summed E-state index contributed by atoms with van der Waals surface area (Å²) in [5, 5.41) is -0.388. The quantitative estimate of drug-likeness (QED) is 0.132. The van der Waals surface area contributed by atoms with E-state index in [2.05, 4.69) is 89.4 Å². The fraction of sp³-hybridized carbons (Fsp3) is 0.707. The average molecular weight is 1970 g/mol. The van der Waals surface area contributed by atoms with Gasteiger partial charge in [0.05, 0.1) is 28.3 Å². The molecule has 0 radical (unpaired) electrons. The number of ether oxygens (including phenoxy) is 3. The van der Waals surface area contributed by atoms with Gasteiger partial charge in [-0.2, -0.15) is 21.5 Å². The molecule has 0 bridgehead atoms. The number of rotatable bonds is 15. The molecule has 0 spiro atoms. The first-order valence-corrected chi connectivity index (χ1v) is 54.8. The molecular weight excluding hydrogens is 1800 g/mol. The zero-order chi connectivity index (χ0) is 98.1. The molecule has 756 valence electrons. The number of likely N-dealkylation sites (N-methyl/N-ethyl adjacent to an activating group) is 9. The van der Waals surface area contributed by atoms with Crippen LogP contribution < -0.4 is 0 Å².